The Morgan fingerprint density at radius 3 is 2.20 bits per heavy atom. The van der Waals surface area contributed by atoms with Gasteiger partial charge in [0.05, 0.1) is 0 Å². The number of hydrogen-bond acceptors (Lipinski definition) is 1. The maximum atomic E-state index is 4.42. The predicted octanol–water partition coefficient (Wildman–Crippen LogP) is 0.668. The van der Waals surface area contributed by atoms with E-state index in [0.29, 0.717) is 0 Å². The molecule has 0 aromatic carbocycles. The van der Waals surface area contributed by atoms with Crippen molar-refractivity contribution < 1.29 is 0 Å². The van der Waals surface area contributed by atoms with Crippen molar-refractivity contribution in [1.82, 2.24) is 0 Å². The van der Waals surface area contributed by atoms with Crippen LogP contribution in [-0.4, -0.2) is 21.4 Å². The van der Waals surface area contributed by atoms with Gasteiger partial charge >= 0.3 is 44.6 Å². The number of allylic oxidation sites excluding steroid dienone is 1. The Morgan fingerprint density at radius 2 is 2.20 bits per heavy atom. The summed E-state index contributed by atoms with van der Waals surface area (Å²) in [5.74, 6) is 0. The molecule has 0 heterocycles. The fourth-order valence-corrected chi connectivity index (χ4v) is 0.500. The second-order valence-electron chi connectivity index (χ2n) is 0.465. The standard InChI is InChI=1S/C3H3SSe/c4-2-1-3-5/h1-3H/b3-1-. The first-order valence-corrected chi connectivity index (χ1v) is 2.60. The molecule has 2 heteroatoms. The average Bonchev–Trinajstić information content (AvgIpc) is 1.41. The first kappa shape index (κ1) is 5.35. The van der Waals surface area contributed by atoms with Crippen molar-refractivity contribution in [2.45, 2.75) is 0 Å². The molecule has 0 unspecified atom stereocenters. The summed E-state index contributed by atoms with van der Waals surface area (Å²) in [7, 11) is 0. The van der Waals surface area contributed by atoms with Gasteiger partial charge < -0.3 is 0 Å². The van der Waals surface area contributed by atoms with Crippen molar-refractivity contribution in [2.75, 3.05) is 0 Å². The van der Waals surface area contributed by atoms with E-state index in [9.17, 15) is 0 Å². The molecule has 0 fully saturated rings. The zero-order valence-electron chi connectivity index (χ0n) is 2.55. The maximum absolute atomic E-state index is 4.42. The van der Waals surface area contributed by atoms with E-state index < -0.39 is 0 Å². The summed E-state index contributed by atoms with van der Waals surface area (Å²) in [6.07, 6.45) is 1.76. The van der Waals surface area contributed by atoms with Gasteiger partial charge in [0.15, 0.2) is 0 Å². The molecule has 0 N–H and O–H groups in total. The van der Waals surface area contributed by atoms with Gasteiger partial charge in [0.1, 0.15) is 0 Å². The summed E-state index contributed by atoms with van der Waals surface area (Å²) in [6.45, 7) is 0. The Hall–Kier alpha value is 0.349. The van der Waals surface area contributed by atoms with Crippen LogP contribution in [0.15, 0.2) is 11.1 Å². The van der Waals surface area contributed by atoms with Gasteiger partial charge in [-0.1, -0.05) is 0 Å². The Morgan fingerprint density at radius 1 is 1.60 bits per heavy atom. The van der Waals surface area contributed by atoms with Crippen LogP contribution in [0.5, 0.6) is 0 Å². The monoisotopic (exact) mass is 151 g/mol. The molecule has 0 saturated heterocycles. The predicted molar refractivity (Wildman–Crippen MR) is 28.5 cm³/mol. The molecule has 0 nitrogen and oxygen atoms in total. The van der Waals surface area contributed by atoms with E-state index in [2.05, 4.69) is 28.2 Å². The molecule has 5 heavy (non-hydrogen) atoms. The van der Waals surface area contributed by atoms with E-state index in [1.54, 1.807) is 16.4 Å². The SMILES string of the molecule is S=C/C=C\[Se]. The molecule has 0 aliphatic heterocycles. The van der Waals surface area contributed by atoms with Gasteiger partial charge in [0.25, 0.3) is 0 Å². The van der Waals surface area contributed by atoms with E-state index in [1.165, 1.54) is 0 Å². The molecule has 0 saturated carbocycles. The molecular formula is C3H3SSe. The second kappa shape index (κ2) is 4.35. The zero-order chi connectivity index (χ0) is 4.12. The first-order valence-electron chi connectivity index (χ1n) is 1.14. The van der Waals surface area contributed by atoms with Crippen molar-refractivity contribution in [3.63, 3.8) is 0 Å². The minimum absolute atomic E-state index is 1.55. The van der Waals surface area contributed by atoms with Gasteiger partial charge in [-0.25, -0.2) is 0 Å². The van der Waals surface area contributed by atoms with Gasteiger partial charge in [-0.05, 0) is 0 Å². The van der Waals surface area contributed by atoms with E-state index in [-0.39, 0.29) is 0 Å². The second-order valence-corrected chi connectivity index (χ2v) is 1.31. The van der Waals surface area contributed by atoms with Gasteiger partial charge in [0, 0.05) is 0 Å². The molecule has 0 rings (SSSR count). The Labute approximate surface area is 45.1 Å². The Bertz CT molecular complexity index is 48.9. The van der Waals surface area contributed by atoms with Crippen molar-refractivity contribution in [2.24, 2.45) is 0 Å². The summed E-state index contributed by atoms with van der Waals surface area (Å²) >= 11 is 7.08. The summed E-state index contributed by atoms with van der Waals surface area (Å²) in [4.78, 5) is 1.77. The third-order valence-corrected chi connectivity index (χ3v) is 0.644. The number of hydrogen-bond donors (Lipinski definition) is 0. The van der Waals surface area contributed by atoms with E-state index in [4.69, 9.17) is 0 Å². The van der Waals surface area contributed by atoms with Gasteiger partial charge in [-0.15, -0.1) is 0 Å². The van der Waals surface area contributed by atoms with Crippen LogP contribution in [-0.2, 0) is 0 Å². The normalized spacial score (nSPS) is 8.80. The molecule has 0 bridgehead atoms. The van der Waals surface area contributed by atoms with Crippen molar-refractivity contribution in [3.05, 3.63) is 11.1 Å². The van der Waals surface area contributed by atoms with Crippen molar-refractivity contribution >= 4 is 33.6 Å². The fraction of sp³-hybridized carbons (Fsp3) is 0. The van der Waals surface area contributed by atoms with Crippen LogP contribution in [0.25, 0.3) is 0 Å². The van der Waals surface area contributed by atoms with Crippen LogP contribution in [0.3, 0.4) is 0 Å². The third-order valence-electron chi connectivity index (χ3n) is 0.157. The quantitative estimate of drug-likeness (QED) is 0.300. The van der Waals surface area contributed by atoms with Crippen LogP contribution < -0.4 is 0 Å². The zero-order valence-corrected chi connectivity index (χ0v) is 5.08. The topological polar surface area (TPSA) is 0 Å². The van der Waals surface area contributed by atoms with E-state index >= 15 is 0 Å². The summed E-state index contributed by atoms with van der Waals surface area (Å²) in [5.41, 5.74) is 0. The summed E-state index contributed by atoms with van der Waals surface area (Å²) in [6, 6.07) is 0. The van der Waals surface area contributed by atoms with Gasteiger partial charge in [0.2, 0.25) is 0 Å². The van der Waals surface area contributed by atoms with Crippen LogP contribution in [0.2, 0.25) is 0 Å². The molecule has 1 radical (unpaired) electrons. The molecule has 0 aromatic heterocycles. The third kappa shape index (κ3) is 4.35. The molecule has 0 atom stereocenters. The van der Waals surface area contributed by atoms with Gasteiger partial charge in [-0.2, -0.15) is 0 Å². The van der Waals surface area contributed by atoms with Crippen LogP contribution >= 0.6 is 12.2 Å². The van der Waals surface area contributed by atoms with Crippen LogP contribution in [0.4, 0.5) is 0 Å². The molecule has 27 valence electrons. The average molecular weight is 150 g/mol. The Kier molecular flexibility index (Phi) is 4.65. The molecule has 0 aromatic rings. The van der Waals surface area contributed by atoms with Crippen LogP contribution in [0.1, 0.15) is 0 Å². The van der Waals surface area contributed by atoms with Gasteiger partial charge in [-0.3, -0.25) is 0 Å². The van der Waals surface area contributed by atoms with E-state index in [0.717, 1.165) is 0 Å². The molecule has 0 amide bonds. The molecular weight excluding hydrogens is 147 g/mol. The van der Waals surface area contributed by atoms with Crippen molar-refractivity contribution in [3.8, 4) is 0 Å². The summed E-state index contributed by atoms with van der Waals surface area (Å²) < 4.78 is 0. The van der Waals surface area contributed by atoms with Crippen LogP contribution in [0, 0.1) is 0 Å². The number of thiocarbonyl (C=S) groups is 1. The van der Waals surface area contributed by atoms with E-state index in [1.807, 2.05) is 0 Å². The number of rotatable bonds is 1. The summed E-state index contributed by atoms with van der Waals surface area (Å²) in [5, 5.41) is 1.55. The van der Waals surface area contributed by atoms with Crippen molar-refractivity contribution in [1.29, 1.82) is 0 Å². The molecule has 0 aliphatic rings. The molecule has 0 spiro atoms. The minimum atomic E-state index is 1.55. The molecule has 0 aliphatic carbocycles. The Balaban J connectivity index is 2.92. The first-order chi connectivity index (χ1) is 2.41. The fourth-order valence-electron chi connectivity index (χ4n) is 0.0321.